The molecule has 0 saturated carbocycles. The van der Waals surface area contributed by atoms with Gasteiger partial charge in [0.15, 0.2) is 0 Å². The third-order valence-electron chi connectivity index (χ3n) is 4.46. The highest BCUT2D eigenvalue weighted by molar-refractivity contribution is 7.92. The van der Waals surface area contributed by atoms with Gasteiger partial charge in [-0.2, -0.15) is 0 Å². The molecule has 0 aliphatic heterocycles. The maximum absolute atomic E-state index is 13.0. The van der Waals surface area contributed by atoms with E-state index >= 15 is 0 Å². The van der Waals surface area contributed by atoms with E-state index < -0.39 is 15.9 Å². The minimum atomic E-state index is -3.61. The van der Waals surface area contributed by atoms with Gasteiger partial charge in [0.05, 0.1) is 30.7 Å². The van der Waals surface area contributed by atoms with Gasteiger partial charge < -0.3 is 20.3 Å². The van der Waals surface area contributed by atoms with Crippen LogP contribution in [0.2, 0.25) is 0 Å². The van der Waals surface area contributed by atoms with Crippen molar-refractivity contribution in [2.24, 2.45) is 0 Å². The summed E-state index contributed by atoms with van der Waals surface area (Å²) in [5.74, 6) is -0.0957. The second-order valence-corrected chi connectivity index (χ2v) is 9.00. The van der Waals surface area contributed by atoms with Crippen LogP contribution in [-0.2, 0) is 14.8 Å². The summed E-state index contributed by atoms with van der Waals surface area (Å²) >= 11 is 0. The Kier molecular flexibility index (Phi) is 8.01. The van der Waals surface area contributed by atoms with Crippen LogP contribution in [0, 0.1) is 0 Å². The normalized spacial score (nSPS) is 12.2. The first-order chi connectivity index (χ1) is 14.5. The number of likely N-dealkylation sites (N-methyl/N-ethyl adjacent to an activating group) is 1. The molecule has 2 amide bonds. The zero-order valence-electron chi connectivity index (χ0n) is 18.2. The van der Waals surface area contributed by atoms with Crippen LogP contribution in [0.25, 0.3) is 0 Å². The topological polar surface area (TPSA) is 117 Å². The highest BCUT2D eigenvalue weighted by Crippen LogP contribution is 2.28. The largest absolute Gasteiger partial charge is 0.496 e. The van der Waals surface area contributed by atoms with E-state index in [0.29, 0.717) is 11.4 Å². The van der Waals surface area contributed by atoms with Gasteiger partial charge in [0.1, 0.15) is 5.75 Å². The first kappa shape index (κ1) is 24.2. The lowest BCUT2D eigenvalue weighted by Crippen LogP contribution is -2.35. The summed E-state index contributed by atoms with van der Waals surface area (Å²) in [5, 5.41) is 5.45. The summed E-state index contributed by atoms with van der Waals surface area (Å²) in [6.07, 6.45) is 1.00. The summed E-state index contributed by atoms with van der Waals surface area (Å²) < 4.78 is 31.2. The van der Waals surface area contributed by atoms with Crippen LogP contribution in [0.15, 0.2) is 42.5 Å². The molecule has 0 aliphatic carbocycles. The predicted octanol–water partition coefficient (Wildman–Crippen LogP) is 2.06. The number of sulfonamides is 1. The van der Waals surface area contributed by atoms with Crippen LogP contribution in [0.5, 0.6) is 5.75 Å². The van der Waals surface area contributed by atoms with Crippen molar-refractivity contribution in [2.75, 3.05) is 44.0 Å². The van der Waals surface area contributed by atoms with Gasteiger partial charge in [0.2, 0.25) is 15.9 Å². The van der Waals surface area contributed by atoms with Crippen molar-refractivity contribution in [2.45, 2.75) is 13.0 Å². The Hall–Kier alpha value is -3.11. The molecule has 0 radical (unpaired) electrons. The zero-order valence-corrected chi connectivity index (χ0v) is 19.0. The lowest BCUT2D eigenvalue weighted by atomic mass is 10.0. The van der Waals surface area contributed by atoms with E-state index in [-0.39, 0.29) is 29.7 Å². The number of carbonyl (C=O) groups is 2. The predicted molar refractivity (Wildman–Crippen MR) is 121 cm³/mol. The molecule has 0 saturated heterocycles. The van der Waals surface area contributed by atoms with Crippen LogP contribution in [0.3, 0.4) is 0 Å². The number of nitrogens with one attached hydrogen (secondary N) is 3. The number of ether oxygens (including phenoxy) is 1. The molecule has 0 aliphatic rings. The van der Waals surface area contributed by atoms with Gasteiger partial charge in [-0.3, -0.25) is 14.3 Å². The third kappa shape index (κ3) is 6.97. The molecule has 2 aromatic carbocycles. The van der Waals surface area contributed by atoms with E-state index in [0.717, 1.165) is 11.8 Å². The molecule has 1 unspecified atom stereocenters. The van der Waals surface area contributed by atoms with Gasteiger partial charge in [0, 0.05) is 24.7 Å². The Labute approximate surface area is 182 Å². The van der Waals surface area contributed by atoms with Gasteiger partial charge in [-0.15, -0.1) is 0 Å². The summed E-state index contributed by atoms with van der Waals surface area (Å²) in [6, 6.07) is 11.7. The zero-order chi connectivity index (χ0) is 23.2. The molecule has 1 atom stereocenters. The van der Waals surface area contributed by atoms with E-state index in [1.165, 1.54) is 25.1 Å². The van der Waals surface area contributed by atoms with Crippen molar-refractivity contribution in [1.29, 1.82) is 0 Å². The third-order valence-corrected chi connectivity index (χ3v) is 5.05. The smallest absolute Gasteiger partial charge is 0.253 e. The van der Waals surface area contributed by atoms with Gasteiger partial charge in [0.25, 0.3) is 5.91 Å². The van der Waals surface area contributed by atoms with Crippen LogP contribution in [-0.4, -0.2) is 59.1 Å². The Morgan fingerprint density at radius 2 is 1.81 bits per heavy atom. The number of anilines is 2. The number of para-hydroxylation sites is 1. The van der Waals surface area contributed by atoms with Gasteiger partial charge in [-0.25, -0.2) is 8.42 Å². The number of amides is 2. The molecule has 10 heteroatoms. The van der Waals surface area contributed by atoms with Crippen molar-refractivity contribution < 1.29 is 22.7 Å². The second-order valence-electron chi connectivity index (χ2n) is 7.25. The number of nitrogens with zero attached hydrogens (tertiary/aromatic N) is 1. The van der Waals surface area contributed by atoms with E-state index in [9.17, 15) is 18.0 Å². The molecule has 0 bridgehead atoms. The van der Waals surface area contributed by atoms with Crippen molar-refractivity contribution >= 4 is 33.2 Å². The lowest BCUT2D eigenvalue weighted by Gasteiger charge is -2.26. The Bertz CT molecular complexity index is 1050. The maximum atomic E-state index is 13.0. The number of rotatable bonds is 9. The van der Waals surface area contributed by atoms with Crippen molar-refractivity contribution in [3.05, 3.63) is 53.6 Å². The van der Waals surface area contributed by atoms with E-state index in [1.54, 1.807) is 7.11 Å². The average Bonchev–Trinajstić information content (AvgIpc) is 2.67. The minimum absolute atomic E-state index is 0.0919. The van der Waals surface area contributed by atoms with Crippen molar-refractivity contribution in [3.8, 4) is 5.75 Å². The number of hydrogen-bond donors (Lipinski definition) is 3. The molecule has 2 aromatic rings. The minimum Gasteiger partial charge on any atom is -0.496 e. The first-order valence-corrected chi connectivity index (χ1v) is 11.4. The van der Waals surface area contributed by atoms with Gasteiger partial charge >= 0.3 is 0 Å². The van der Waals surface area contributed by atoms with Crippen LogP contribution >= 0.6 is 0 Å². The number of carbonyl (C=O) groups excluding carboxylic acids is 2. The van der Waals surface area contributed by atoms with Crippen molar-refractivity contribution in [1.82, 2.24) is 10.2 Å². The molecular formula is C21H28N4O5S. The highest BCUT2D eigenvalue weighted by atomic mass is 32.2. The van der Waals surface area contributed by atoms with Gasteiger partial charge in [-0.05, 0) is 38.4 Å². The first-order valence-electron chi connectivity index (χ1n) is 9.48. The van der Waals surface area contributed by atoms with Crippen molar-refractivity contribution in [3.63, 3.8) is 0 Å². The molecule has 31 heavy (non-hydrogen) atoms. The fourth-order valence-electron chi connectivity index (χ4n) is 3.10. The van der Waals surface area contributed by atoms with Crippen LogP contribution in [0.4, 0.5) is 11.4 Å². The Morgan fingerprint density at radius 1 is 1.13 bits per heavy atom. The molecule has 0 heterocycles. The quantitative estimate of drug-likeness (QED) is 0.541. The summed E-state index contributed by atoms with van der Waals surface area (Å²) in [6.45, 7) is 1.59. The molecule has 168 valence electrons. The molecule has 0 spiro atoms. The van der Waals surface area contributed by atoms with Crippen LogP contribution < -0.4 is 20.1 Å². The monoisotopic (exact) mass is 448 g/mol. The molecule has 0 aromatic heterocycles. The molecule has 3 N–H and O–H groups in total. The van der Waals surface area contributed by atoms with Gasteiger partial charge in [-0.1, -0.05) is 18.2 Å². The fraction of sp³-hybridized carbons (Fsp3) is 0.333. The Balaban J connectivity index is 2.32. The van der Waals surface area contributed by atoms with E-state index in [2.05, 4.69) is 15.4 Å². The highest BCUT2D eigenvalue weighted by Gasteiger charge is 2.21. The van der Waals surface area contributed by atoms with E-state index in [1.807, 2.05) is 43.3 Å². The van der Waals surface area contributed by atoms with E-state index in [4.69, 9.17) is 4.74 Å². The molecule has 2 rings (SSSR count). The Morgan fingerprint density at radius 3 is 2.39 bits per heavy atom. The summed E-state index contributed by atoms with van der Waals surface area (Å²) in [5.41, 5.74) is 1.49. The fourth-order valence-corrected chi connectivity index (χ4v) is 3.68. The molecule has 9 nitrogen and oxygen atoms in total. The number of benzene rings is 2. The van der Waals surface area contributed by atoms with Crippen LogP contribution in [0.1, 0.15) is 28.9 Å². The SMILES string of the molecule is COc1ccccc1C(CNC(=O)c1cc(NC(C)=O)ccc1NS(C)(=O)=O)N(C)C. The second kappa shape index (κ2) is 10.3. The summed E-state index contributed by atoms with van der Waals surface area (Å²) in [7, 11) is 1.75. The number of hydrogen-bond acceptors (Lipinski definition) is 6. The lowest BCUT2D eigenvalue weighted by molar-refractivity contribution is -0.114. The summed E-state index contributed by atoms with van der Waals surface area (Å²) in [4.78, 5) is 26.3. The standard InChI is InChI=1S/C21H28N4O5S/c1-14(26)23-15-10-11-18(24-31(5,28)29)17(12-15)21(27)22-13-19(25(2)3)16-8-6-7-9-20(16)30-4/h6-12,19,24H,13H2,1-5H3,(H,22,27)(H,23,26). The average molecular weight is 449 g/mol. The number of methoxy groups -OCH3 is 1. The maximum Gasteiger partial charge on any atom is 0.253 e. The molecular weight excluding hydrogens is 420 g/mol. The molecule has 0 fully saturated rings.